The number of nitrogens with zero attached hydrogens (tertiary/aromatic N) is 1. The van der Waals surface area contributed by atoms with Gasteiger partial charge in [0.25, 0.3) is 0 Å². The normalized spacial score (nSPS) is 31.8. The fraction of sp³-hybridized carbons (Fsp3) is 0.600. The van der Waals surface area contributed by atoms with Gasteiger partial charge in [0.1, 0.15) is 0 Å². The third-order valence-corrected chi connectivity index (χ3v) is 5.29. The Morgan fingerprint density at radius 1 is 1.17 bits per heavy atom. The van der Waals surface area contributed by atoms with Gasteiger partial charge in [0.05, 0.1) is 0 Å². The van der Waals surface area contributed by atoms with E-state index in [-0.39, 0.29) is 0 Å². The van der Waals surface area contributed by atoms with Gasteiger partial charge < -0.3 is 5.73 Å². The summed E-state index contributed by atoms with van der Waals surface area (Å²) in [5, 5.41) is 0. The molecular formula is C15H21BrN2. The van der Waals surface area contributed by atoms with E-state index in [0.717, 1.165) is 18.5 Å². The average Bonchev–Trinajstić information content (AvgIpc) is 2.60. The number of rotatable bonds is 3. The van der Waals surface area contributed by atoms with Gasteiger partial charge in [-0.15, -0.1) is 0 Å². The molecule has 0 spiro atoms. The van der Waals surface area contributed by atoms with Crippen LogP contribution in [0.3, 0.4) is 0 Å². The van der Waals surface area contributed by atoms with Crippen LogP contribution in [0.5, 0.6) is 0 Å². The van der Waals surface area contributed by atoms with Crippen molar-refractivity contribution in [3.8, 4) is 0 Å². The molecule has 98 valence electrons. The van der Waals surface area contributed by atoms with Crippen molar-refractivity contribution in [1.82, 2.24) is 4.90 Å². The highest BCUT2D eigenvalue weighted by molar-refractivity contribution is 9.10. The molecule has 2 aliphatic heterocycles. The molecule has 1 aromatic rings. The number of hydrogen-bond donors (Lipinski definition) is 1. The van der Waals surface area contributed by atoms with E-state index in [9.17, 15) is 0 Å². The molecule has 2 heterocycles. The first-order valence-electron chi connectivity index (χ1n) is 6.99. The monoisotopic (exact) mass is 308 g/mol. The van der Waals surface area contributed by atoms with Crippen molar-refractivity contribution in [3.05, 3.63) is 34.3 Å². The van der Waals surface area contributed by atoms with Crippen molar-refractivity contribution in [1.29, 1.82) is 0 Å². The first-order chi connectivity index (χ1) is 8.74. The minimum atomic E-state index is 0.446. The molecular weight excluding hydrogens is 288 g/mol. The lowest BCUT2D eigenvalue weighted by molar-refractivity contribution is 0.129. The van der Waals surface area contributed by atoms with Gasteiger partial charge in [-0.05, 0) is 43.7 Å². The van der Waals surface area contributed by atoms with Gasteiger partial charge in [-0.2, -0.15) is 0 Å². The first kappa shape index (κ1) is 12.6. The number of benzene rings is 1. The van der Waals surface area contributed by atoms with Crippen molar-refractivity contribution in [2.24, 2.45) is 5.73 Å². The van der Waals surface area contributed by atoms with Crippen LogP contribution in [0.1, 0.15) is 31.2 Å². The van der Waals surface area contributed by atoms with Gasteiger partial charge in [-0.25, -0.2) is 0 Å². The van der Waals surface area contributed by atoms with Gasteiger partial charge in [-0.3, -0.25) is 4.90 Å². The van der Waals surface area contributed by atoms with E-state index in [2.05, 4.69) is 45.1 Å². The third-order valence-electron chi connectivity index (χ3n) is 4.52. The quantitative estimate of drug-likeness (QED) is 0.930. The summed E-state index contributed by atoms with van der Waals surface area (Å²) in [5.74, 6) is 0. The van der Waals surface area contributed by atoms with Crippen LogP contribution in [-0.4, -0.2) is 29.6 Å². The fourth-order valence-electron chi connectivity index (χ4n) is 3.63. The van der Waals surface area contributed by atoms with E-state index in [1.54, 1.807) is 0 Å². The summed E-state index contributed by atoms with van der Waals surface area (Å²) in [6.45, 7) is 1.19. The maximum absolute atomic E-state index is 6.12. The van der Waals surface area contributed by atoms with Crippen LogP contribution in [0.2, 0.25) is 0 Å². The van der Waals surface area contributed by atoms with Gasteiger partial charge in [0, 0.05) is 29.1 Å². The Morgan fingerprint density at radius 2 is 1.83 bits per heavy atom. The molecule has 2 nitrogen and oxygen atoms in total. The molecule has 3 rings (SSSR count). The van der Waals surface area contributed by atoms with E-state index < -0.39 is 0 Å². The van der Waals surface area contributed by atoms with Gasteiger partial charge in [-0.1, -0.05) is 34.1 Å². The molecule has 2 saturated heterocycles. The summed E-state index contributed by atoms with van der Waals surface area (Å²) in [4.78, 5) is 2.71. The Kier molecular flexibility index (Phi) is 3.73. The van der Waals surface area contributed by atoms with Crippen LogP contribution in [0.15, 0.2) is 28.7 Å². The summed E-state index contributed by atoms with van der Waals surface area (Å²) in [5.41, 5.74) is 7.54. The number of fused-ring (bicyclic) bond motifs is 2. The summed E-state index contributed by atoms with van der Waals surface area (Å²) < 4.78 is 1.24. The summed E-state index contributed by atoms with van der Waals surface area (Å²) in [7, 11) is 0. The molecule has 1 aromatic carbocycles. The molecule has 0 aromatic heterocycles. The van der Waals surface area contributed by atoms with Crippen LogP contribution in [-0.2, 0) is 6.42 Å². The van der Waals surface area contributed by atoms with E-state index in [0.29, 0.717) is 6.04 Å². The topological polar surface area (TPSA) is 29.3 Å². The molecule has 2 N–H and O–H groups in total. The Bertz CT molecular complexity index is 407. The lowest BCUT2D eigenvalue weighted by Crippen LogP contribution is -2.48. The van der Waals surface area contributed by atoms with Crippen LogP contribution < -0.4 is 5.73 Å². The Hall–Kier alpha value is -0.380. The maximum Gasteiger partial charge on any atom is 0.0207 e. The van der Waals surface area contributed by atoms with E-state index in [1.165, 1.54) is 42.3 Å². The lowest BCUT2D eigenvalue weighted by Gasteiger charge is -2.37. The molecule has 2 unspecified atom stereocenters. The first-order valence-corrected chi connectivity index (χ1v) is 7.78. The smallest absolute Gasteiger partial charge is 0.0207 e. The second kappa shape index (κ2) is 5.32. The molecule has 2 atom stereocenters. The SMILES string of the molecule is NC1CC2CCC(C1)N2CCc1ccccc1Br. The largest absolute Gasteiger partial charge is 0.328 e. The maximum atomic E-state index is 6.12. The number of nitrogens with two attached hydrogens (primary N) is 1. The lowest BCUT2D eigenvalue weighted by atomic mass is 9.97. The number of hydrogen-bond acceptors (Lipinski definition) is 2. The van der Waals surface area contributed by atoms with Crippen LogP contribution >= 0.6 is 15.9 Å². The minimum Gasteiger partial charge on any atom is -0.328 e. The summed E-state index contributed by atoms with van der Waals surface area (Å²) in [6.07, 6.45) is 6.26. The van der Waals surface area contributed by atoms with Crippen molar-refractivity contribution in [2.75, 3.05) is 6.54 Å². The predicted molar refractivity (Wildman–Crippen MR) is 78.6 cm³/mol. The van der Waals surface area contributed by atoms with Crippen LogP contribution in [0.4, 0.5) is 0 Å². The second-order valence-electron chi connectivity index (χ2n) is 5.70. The highest BCUT2D eigenvalue weighted by Gasteiger charge is 2.38. The van der Waals surface area contributed by atoms with Gasteiger partial charge in [0.15, 0.2) is 0 Å². The average molecular weight is 309 g/mol. The van der Waals surface area contributed by atoms with Crippen LogP contribution in [0.25, 0.3) is 0 Å². The van der Waals surface area contributed by atoms with E-state index in [1.807, 2.05) is 0 Å². The Morgan fingerprint density at radius 3 is 2.50 bits per heavy atom. The summed E-state index contributed by atoms with van der Waals surface area (Å²) >= 11 is 3.64. The highest BCUT2D eigenvalue weighted by Crippen LogP contribution is 2.35. The van der Waals surface area contributed by atoms with Crippen molar-refractivity contribution in [3.63, 3.8) is 0 Å². The zero-order valence-electron chi connectivity index (χ0n) is 10.7. The highest BCUT2D eigenvalue weighted by atomic mass is 79.9. The van der Waals surface area contributed by atoms with Crippen molar-refractivity contribution >= 4 is 15.9 Å². The van der Waals surface area contributed by atoms with E-state index in [4.69, 9.17) is 5.73 Å². The predicted octanol–water partition coefficient (Wildman–Crippen LogP) is 2.95. The molecule has 0 amide bonds. The number of piperidine rings is 1. The van der Waals surface area contributed by atoms with Gasteiger partial charge >= 0.3 is 0 Å². The minimum absolute atomic E-state index is 0.446. The van der Waals surface area contributed by atoms with Gasteiger partial charge in [0.2, 0.25) is 0 Å². The molecule has 18 heavy (non-hydrogen) atoms. The Labute approximate surface area is 118 Å². The van der Waals surface area contributed by atoms with Crippen LogP contribution in [0, 0.1) is 0 Å². The molecule has 0 radical (unpaired) electrons. The van der Waals surface area contributed by atoms with E-state index >= 15 is 0 Å². The standard InChI is InChI=1S/C15H21BrN2/c16-15-4-2-1-3-11(15)7-8-18-13-5-6-14(18)10-12(17)9-13/h1-4,12-14H,5-10,17H2. The molecule has 2 aliphatic rings. The zero-order valence-corrected chi connectivity index (χ0v) is 12.3. The molecule has 0 saturated carbocycles. The molecule has 0 aliphatic carbocycles. The third kappa shape index (κ3) is 2.49. The second-order valence-corrected chi connectivity index (χ2v) is 6.55. The zero-order chi connectivity index (χ0) is 12.5. The summed E-state index contributed by atoms with van der Waals surface area (Å²) in [6, 6.07) is 10.5. The molecule has 3 heteroatoms. The Balaban J connectivity index is 1.63. The molecule has 2 fully saturated rings. The van der Waals surface area contributed by atoms with Crippen molar-refractivity contribution in [2.45, 2.75) is 50.2 Å². The number of halogens is 1. The fourth-order valence-corrected chi connectivity index (χ4v) is 4.12. The van der Waals surface area contributed by atoms with Crippen molar-refractivity contribution < 1.29 is 0 Å². The molecule has 2 bridgehead atoms.